The average Bonchev–Trinajstić information content (AvgIpc) is 2.28. The molecule has 2 aromatic rings. The number of benzene rings is 2. The van der Waals surface area contributed by atoms with Crippen molar-refractivity contribution in [1.29, 1.82) is 0 Å². The molecule has 0 saturated heterocycles. The van der Waals surface area contributed by atoms with Crippen molar-refractivity contribution >= 4 is 15.9 Å². The first-order valence-corrected chi connectivity index (χ1v) is 6.08. The molecule has 0 unspecified atom stereocenters. The van der Waals surface area contributed by atoms with Crippen molar-refractivity contribution in [3.8, 4) is 5.75 Å². The van der Waals surface area contributed by atoms with Gasteiger partial charge in [-0.25, -0.2) is 4.39 Å². The van der Waals surface area contributed by atoms with Crippen LogP contribution in [0.4, 0.5) is 4.39 Å². The van der Waals surface area contributed by atoms with E-state index in [0.717, 1.165) is 21.3 Å². The number of hydrogen-bond acceptors (Lipinski definition) is 1. The van der Waals surface area contributed by atoms with E-state index in [2.05, 4.69) is 15.9 Å². The van der Waals surface area contributed by atoms with Crippen LogP contribution in [0.5, 0.6) is 5.75 Å². The van der Waals surface area contributed by atoms with Crippen molar-refractivity contribution in [3.63, 3.8) is 0 Å². The van der Waals surface area contributed by atoms with Crippen LogP contribution >= 0.6 is 15.9 Å². The normalized spacial score (nSPS) is 10.3. The molecule has 0 heterocycles. The van der Waals surface area contributed by atoms with E-state index < -0.39 is 0 Å². The van der Waals surface area contributed by atoms with E-state index in [9.17, 15) is 4.39 Å². The molecule has 0 aromatic heterocycles. The Balaban J connectivity index is 2.07. The summed E-state index contributed by atoms with van der Waals surface area (Å²) in [6.07, 6.45) is 0. The van der Waals surface area contributed by atoms with Gasteiger partial charge in [0.05, 0.1) is 0 Å². The summed E-state index contributed by atoms with van der Waals surface area (Å²) in [6, 6.07) is 12.4. The SMILES string of the molecule is Cc1cccc(OCc2ccc(F)cc2Br)c1. The van der Waals surface area contributed by atoms with Crippen LogP contribution in [-0.2, 0) is 6.61 Å². The molecule has 2 rings (SSSR count). The van der Waals surface area contributed by atoms with Crippen molar-refractivity contribution in [2.45, 2.75) is 13.5 Å². The Hall–Kier alpha value is -1.35. The lowest BCUT2D eigenvalue weighted by Gasteiger charge is -2.08. The van der Waals surface area contributed by atoms with E-state index in [1.165, 1.54) is 12.1 Å². The lowest BCUT2D eigenvalue weighted by atomic mass is 10.2. The lowest BCUT2D eigenvalue weighted by molar-refractivity contribution is 0.305. The Morgan fingerprint density at radius 3 is 2.71 bits per heavy atom. The predicted molar refractivity (Wildman–Crippen MR) is 69.6 cm³/mol. The summed E-state index contributed by atoms with van der Waals surface area (Å²) < 4.78 is 19.3. The van der Waals surface area contributed by atoms with Gasteiger partial charge < -0.3 is 4.74 Å². The molecule has 0 aliphatic heterocycles. The van der Waals surface area contributed by atoms with Gasteiger partial charge in [0.2, 0.25) is 0 Å². The predicted octanol–water partition coefficient (Wildman–Crippen LogP) is 4.48. The summed E-state index contributed by atoms with van der Waals surface area (Å²) >= 11 is 3.32. The zero-order valence-electron chi connectivity index (χ0n) is 9.41. The van der Waals surface area contributed by atoms with Gasteiger partial charge in [0, 0.05) is 10.0 Å². The largest absolute Gasteiger partial charge is 0.489 e. The minimum atomic E-state index is -0.254. The van der Waals surface area contributed by atoms with E-state index in [-0.39, 0.29) is 5.82 Å². The minimum absolute atomic E-state index is 0.254. The molecule has 2 aromatic carbocycles. The maximum Gasteiger partial charge on any atom is 0.124 e. The standard InChI is InChI=1S/C14H12BrFO/c1-10-3-2-4-13(7-10)17-9-11-5-6-12(16)8-14(11)15/h2-8H,9H2,1H3. The Labute approximate surface area is 108 Å². The quantitative estimate of drug-likeness (QED) is 0.811. The van der Waals surface area contributed by atoms with E-state index >= 15 is 0 Å². The Morgan fingerprint density at radius 1 is 1.18 bits per heavy atom. The summed E-state index contributed by atoms with van der Waals surface area (Å²) in [5.74, 6) is 0.567. The molecule has 17 heavy (non-hydrogen) atoms. The molecule has 0 aliphatic rings. The van der Waals surface area contributed by atoms with Crippen LogP contribution in [0.1, 0.15) is 11.1 Å². The summed E-state index contributed by atoms with van der Waals surface area (Å²) in [6.45, 7) is 2.44. The lowest BCUT2D eigenvalue weighted by Crippen LogP contribution is -1.97. The van der Waals surface area contributed by atoms with Gasteiger partial charge in [-0.2, -0.15) is 0 Å². The molecule has 88 valence electrons. The molecule has 0 saturated carbocycles. The van der Waals surface area contributed by atoms with E-state index in [1.54, 1.807) is 6.07 Å². The Kier molecular flexibility index (Phi) is 3.79. The summed E-state index contributed by atoms with van der Waals surface area (Å²) in [5, 5.41) is 0. The number of ether oxygens (including phenoxy) is 1. The zero-order chi connectivity index (χ0) is 12.3. The number of aryl methyl sites for hydroxylation is 1. The third-order valence-electron chi connectivity index (χ3n) is 2.40. The molecular formula is C14H12BrFO. The van der Waals surface area contributed by atoms with E-state index in [1.807, 2.05) is 31.2 Å². The first-order chi connectivity index (χ1) is 8.15. The first kappa shape index (κ1) is 12.1. The van der Waals surface area contributed by atoms with E-state index in [4.69, 9.17) is 4.74 Å². The molecule has 0 amide bonds. The second kappa shape index (κ2) is 5.32. The molecule has 1 nitrogen and oxygen atoms in total. The molecule has 3 heteroatoms. The highest BCUT2D eigenvalue weighted by molar-refractivity contribution is 9.10. The maximum absolute atomic E-state index is 12.9. The van der Waals surface area contributed by atoms with Gasteiger partial charge in [0.15, 0.2) is 0 Å². The molecule has 0 aliphatic carbocycles. The topological polar surface area (TPSA) is 9.23 Å². The van der Waals surface area contributed by atoms with Crippen LogP contribution in [-0.4, -0.2) is 0 Å². The van der Waals surface area contributed by atoms with Crippen molar-refractivity contribution in [2.75, 3.05) is 0 Å². The van der Waals surface area contributed by atoms with Crippen molar-refractivity contribution in [3.05, 3.63) is 63.9 Å². The van der Waals surface area contributed by atoms with Crippen LogP contribution in [0.2, 0.25) is 0 Å². The van der Waals surface area contributed by atoms with Crippen LogP contribution in [0.25, 0.3) is 0 Å². The maximum atomic E-state index is 12.9. The average molecular weight is 295 g/mol. The fourth-order valence-electron chi connectivity index (χ4n) is 1.50. The van der Waals surface area contributed by atoms with Gasteiger partial charge in [0.1, 0.15) is 18.2 Å². The van der Waals surface area contributed by atoms with Crippen LogP contribution in [0.3, 0.4) is 0 Å². The molecule has 0 spiro atoms. The second-order valence-corrected chi connectivity index (χ2v) is 4.70. The number of hydrogen-bond donors (Lipinski definition) is 0. The minimum Gasteiger partial charge on any atom is -0.489 e. The van der Waals surface area contributed by atoms with Crippen LogP contribution < -0.4 is 4.74 Å². The molecule has 0 bridgehead atoms. The monoisotopic (exact) mass is 294 g/mol. The third kappa shape index (κ3) is 3.30. The van der Waals surface area contributed by atoms with Crippen molar-refractivity contribution in [2.24, 2.45) is 0 Å². The van der Waals surface area contributed by atoms with Gasteiger partial charge in [-0.3, -0.25) is 0 Å². The molecule has 0 atom stereocenters. The van der Waals surface area contributed by atoms with E-state index in [0.29, 0.717) is 6.61 Å². The number of rotatable bonds is 3. The summed E-state index contributed by atoms with van der Waals surface area (Å²) in [7, 11) is 0. The van der Waals surface area contributed by atoms with Gasteiger partial charge in [-0.05, 0) is 36.8 Å². The van der Waals surface area contributed by atoms with Crippen LogP contribution in [0, 0.1) is 12.7 Å². The fraction of sp³-hybridized carbons (Fsp3) is 0.143. The zero-order valence-corrected chi connectivity index (χ0v) is 11.0. The Bertz CT molecular complexity index is 525. The smallest absolute Gasteiger partial charge is 0.124 e. The highest BCUT2D eigenvalue weighted by Crippen LogP contribution is 2.20. The summed E-state index contributed by atoms with van der Waals surface area (Å²) in [5.41, 5.74) is 2.08. The fourth-order valence-corrected chi connectivity index (χ4v) is 1.97. The van der Waals surface area contributed by atoms with Crippen molar-refractivity contribution < 1.29 is 9.13 Å². The molecule has 0 N–H and O–H groups in total. The first-order valence-electron chi connectivity index (χ1n) is 5.28. The third-order valence-corrected chi connectivity index (χ3v) is 3.14. The summed E-state index contributed by atoms with van der Waals surface area (Å²) in [4.78, 5) is 0. The van der Waals surface area contributed by atoms with Gasteiger partial charge in [-0.15, -0.1) is 0 Å². The number of halogens is 2. The molecular weight excluding hydrogens is 283 g/mol. The van der Waals surface area contributed by atoms with Crippen LogP contribution in [0.15, 0.2) is 46.9 Å². The molecule has 0 radical (unpaired) electrons. The van der Waals surface area contributed by atoms with Gasteiger partial charge in [0.25, 0.3) is 0 Å². The van der Waals surface area contributed by atoms with Crippen molar-refractivity contribution in [1.82, 2.24) is 0 Å². The molecule has 0 fully saturated rings. The second-order valence-electron chi connectivity index (χ2n) is 3.84. The van der Waals surface area contributed by atoms with Gasteiger partial charge in [-0.1, -0.05) is 34.1 Å². The Morgan fingerprint density at radius 2 is 2.00 bits per heavy atom. The highest BCUT2D eigenvalue weighted by Gasteiger charge is 2.02. The van der Waals surface area contributed by atoms with Gasteiger partial charge >= 0.3 is 0 Å². The highest BCUT2D eigenvalue weighted by atomic mass is 79.9.